The fourth-order valence-corrected chi connectivity index (χ4v) is 13.3. The predicted molar refractivity (Wildman–Crippen MR) is 220 cm³/mol. The maximum absolute atomic E-state index is 13.9. The van der Waals surface area contributed by atoms with Crippen molar-refractivity contribution in [2.24, 2.45) is 62.6 Å². The normalized spacial score (nSPS) is 39.0. The first-order chi connectivity index (χ1) is 26.8. The third-order valence-electron chi connectivity index (χ3n) is 17.8. The van der Waals surface area contributed by atoms with Gasteiger partial charge in [0.15, 0.2) is 0 Å². The fourth-order valence-electron chi connectivity index (χ4n) is 13.3. The number of hydrogen-bond donors (Lipinski definition) is 2. The molecule has 1 aromatic heterocycles. The SMILES string of the molecule is CN[C@@](C)(CO[C@H]1[C@H](n2ncnc2C(=O)OCc2ccccc2)C[C@@]23COC[C@]1(C)[C@@H]2CC[C@H]1C3=CC[C@@]2(C)[C@H](C(=O)O)[C@@](C)([C@H](C)C(C)C)CC[C@]12C)C(C)C. The van der Waals surface area contributed by atoms with Gasteiger partial charge in [0.2, 0.25) is 5.82 Å². The molecule has 5 aliphatic rings. The molecule has 0 radical (unpaired) electrons. The summed E-state index contributed by atoms with van der Waals surface area (Å²) in [5, 5.41) is 19.5. The summed E-state index contributed by atoms with van der Waals surface area (Å²) in [5.41, 5.74) is 0.389. The number of carboxylic acids is 1. The first kappa shape index (κ1) is 42.1. The Morgan fingerprint density at radius 3 is 2.40 bits per heavy atom. The Morgan fingerprint density at radius 2 is 1.75 bits per heavy atom. The van der Waals surface area contributed by atoms with Gasteiger partial charge in [-0.2, -0.15) is 5.10 Å². The summed E-state index contributed by atoms with van der Waals surface area (Å²) in [7, 11) is 1.99. The number of carboxylic acid groups (broad SMARTS) is 1. The van der Waals surface area contributed by atoms with Crippen molar-refractivity contribution in [1.82, 2.24) is 20.1 Å². The lowest BCUT2D eigenvalue weighted by Crippen LogP contribution is -2.69. The van der Waals surface area contributed by atoms with Gasteiger partial charge in [-0.25, -0.2) is 14.5 Å². The highest BCUT2D eigenvalue weighted by Gasteiger charge is 2.72. The zero-order chi connectivity index (χ0) is 41.3. The molecule has 12 atom stereocenters. The lowest BCUT2D eigenvalue weighted by atomic mass is 9.34. The maximum atomic E-state index is 13.9. The molecular formula is C47H70N4O6. The van der Waals surface area contributed by atoms with Crippen LogP contribution in [-0.4, -0.2) is 70.3 Å². The second-order valence-corrected chi connectivity index (χ2v) is 20.8. The Kier molecular flexibility index (Phi) is 11.0. The average Bonchev–Trinajstić information content (AvgIpc) is 3.66. The van der Waals surface area contributed by atoms with Crippen LogP contribution in [0.3, 0.4) is 0 Å². The van der Waals surface area contributed by atoms with Crippen LogP contribution in [0.4, 0.5) is 0 Å². The summed E-state index contributed by atoms with van der Waals surface area (Å²) in [6.07, 6.45) is 8.94. The number of likely N-dealkylation sites (N-methyl/N-ethyl adjacent to an activating group) is 1. The fraction of sp³-hybridized carbons (Fsp3) is 0.745. The number of fused-ring (bicyclic) bond motifs is 3. The molecule has 1 aromatic carbocycles. The van der Waals surface area contributed by atoms with Gasteiger partial charge in [0.25, 0.3) is 0 Å². The molecule has 10 nitrogen and oxygen atoms in total. The van der Waals surface area contributed by atoms with Crippen molar-refractivity contribution in [2.75, 3.05) is 26.9 Å². The van der Waals surface area contributed by atoms with Gasteiger partial charge < -0.3 is 24.6 Å². The molecule has 57 heavy (non-hydrogen) atoms. The molecular weight excluding hydrogens is 717 g/mol. The second-order valence-electron chi connectivity index (χ2n) is 20.8. The standard InChI is InChI=1S/C47H70N4O6/c1-29(2)31(5)42(6)21-22-44(8)33-17-18-36-43(7)25-55-27-47(36,34(33)19-20-45(44,9)37(42)40(52)53)23-35(38(43)57-26-46(10,48-11)30(3)4)51-39(49-28-50-51)41(54)56-24-32-15-13-12-14-16-32/h12-16,19,28-31,33,35-38,48H,17-18,20-27H2,1-11H3,(H,52,53)/t31-,33+,35-,36+,37-,38+,42-,43-,44-,45+,46+,47+/m1/s1. The molecule has 2 bridgehead atoms. The molecule has 1 aliphatic heterocycles. The van der Waals surface area contributed by atoms with E-state index >= 15 is 0 Å². The van der Waals surface area contributed by atoms with Crippen molar-refractivity contribution in [3.63, 3.8) is 0 Å². The van der Waals surface area contributed by atoms with Crippen molar-refractivity contribution in [1.29, 1.82) is 0 Å². The van der Waals surface area contributed by atoms with Crippen LogP contribution in [0, 0.1) is 62.6 Å². The molecule has 2 heterocycles. The van der Waals surface area contributed by atoms with Crippen molar-refractivity contribution < 1.29 is 28.9 Å². The maximum Gasteiger partial charge on any atom is 0.376 e. The number of benzene rings is 1. The highest BCUT2D eigenvalue weighted by Crippen LogP contribution is 2.75. The summed E-state index contributed by atoms with van der Waals surface area (Å²) in [6, 6.07) is 9.37. The van der Waals surface area contributed by atoms with Gasteiger partial charge in [0.1, 0.15) is 12.9 Å². The van der Waals surface area contributed by atoms with Gasteiger partial charge in [-0.1, -0.05) is 104 Å². The zero-order valence-electron chi connectivity index (χ0n) is 36.6. The second kappa shape index (κ2) is 14.9. The minimum Gasteiger partial charge on any atom is -0.481 e. The van der Waals surface area contributed by atoms with Crippen LogP contribution >= 0.6 is 0 Å². The Hall–Kier alpha value is -3.08. The van der Waals surface area contributed by atoms with Crippen molar-refractivity contribution in [2.45, 2.75) is 132 Å². The Bertz CT molecular complexity index is 1840. The smallest absolute Gasteiger partial charge is 0.376 e. The Balaban J connectivity index is 1.31. The van der Waals surface area contributed by atoms with Crippen molar-refractivity contribution >= 4 is 11.9 Å². The Morgan fingerprint density at radius 1 is 1.04 bits per heavy atom. The number of ether oxygens (including phenoxy) is 3. The number of nitrogens with one attached hydrogen (secondary N) is 1. The van der Waals surface area contributed by atoms with E-state index in [4.69, 9.17) is 19.3 Å². The third kappa shape index (κ3) is 6.36. The summed E-state index contributed by atoms with van der Waals surface area (Å²) >= 11 is 0. The van der Waals surface area contributed by atoms with E-state index in [0.717, 1.165) is 37.7 Å². The van der Waals surface area contributed by atoms with E-state index in [0.29, 0.717) is 38.1 Å². The largest absolute Gasteiger partial charge is 0.481 e. The van der Waals surface area contributed by atoms with E-state index in [-0.39, 0.29) is 64.1 Å². The van der Waals surface area contributed by atoms with Gasteiger partial charge in [0.05, 0.1) is 37.9 Å². The quantitative estimate of drug-likeness (QED) is 0.161. The summed E-state index contributed by atoms with van der Waals surface area (Å²) in [5.74, 6) is 0.0375. The molecule has 0 unspecified atom stereocenters. The molecule has 4 fully saturated rings. The van der Waals surface area contributed by atoms with Crippen LogP contribution in [0.25, 0.3) is 0 Å². The molecule has 10 heteroatoms. The van der Waals surface area contributed by atoms with E-state index in [9.17, 15) is 14.7 Å². The highest BCUT2D eigenvalue weighted by atomic mass is 16.5. The van der Waals surface area contributed by atoms with Crippen LogP contribution in [0.2, 0.25) is 0 Å². The molecule has 2 N–H and O–H groups in total. The van der Waals surface area contributed by atoms with Crippen molar-refractivity contribution in [3.8, 4) is 0 Å². The molecule has 0 spiro atoms. The van der Waals surface area contributed by atoms with Gasteiger partial charge >= 0.3 is 11.9 Å². The number of carbonyl (C=O) groups is 2. The lowest BCUT2D eigenvalue weighted by molar-refractivity contribution is -0.253. The summed E-state index contributed by atoms with van der Waals surface area (Å²) in [4.78, 5) is 32.1. The van der Waals surface area contributed by atoms with E-state index in [2.05, 4.69) is 85.6 Å². The highest BCUT2D eigenvalue weighted by molar-refractivity contribution is 5.85. The van der Waals surface area contributed by atoms with Crippen LogP contribution in [0.15, 0.2) is 48.3 Å². The lowest BCUT2D eigenvalue weighted by Gasteiger charge is -2.71. The molecule has 314 valence electrons. The molecule has 4 aliphatic carbocycles. The number of rotatable bonds is 12. The molecule has 2 aromatic rings. The zero-order valence-corrected chi connectivity index (χ0v) is 36.6. The predicted octanol–water partition coefficient (Wildman–Crippen LogP) is 8.78. The minimum absolute atomic E-state index is 0.141. The van der Waals surface area contributed by atoms with Crippen LogP contribution in [0.5, 0.6) is 0 Å². The van der Waals surface area contributed by atoms with E-state index in [1.165, 1.54) is 11.9 Å². The summed E-state index contributed by atoms with van der Waals surface area (Å²) < 4.78 is 21.7. The number of allylic oxidation sites excluding steroid dienone is 1. The number of hydrogen-bond acceptors (Lipinski definition) is 8. The minimum atomic E-state index is -0.652. The number of esters is 1. The molecule has 7 rings (SSSR count). The monoisotopic (exact) mass is 787 g/mol. The molecule has 0 amide bonds. The molecule has 3 saturated carbocycles. The van der Waals surface area contributed by atoms with E-state index < -0.39 is 28.7 Å². The van der Waals surface area contributed by atoms with Crippen molar-refractivity contribution in [3.05, 3.63) is 59.7 Å². The third-order valence-corrected chi connectivity index (χ3v) is 17.8. The number of carbonyl (C=O) groups excluding carboxylic acids is 1. The topological polar surface area (TPSA) is 125 Å². The average molecular weight is 787 g/mol. The van der Waals surface area contributed by atoms with Crippen LogP contribution in [-0.2, 0) is 25.6 Å². The van der Waals surface area contributed by atoms with Gasteiger partial charge in [-0.05, 0) is 104 Å². The number of aromatic nitrogens is 3. The first-order valence-corrected chi connectivity index (χ1v) is 21.7. The van der Waals surface area contributed by atoms with Crippen LogP contribution < -0.4 is 5.32 Å². The molecule has 1 saturated heterocycles. The van der Waals surface area contributed by atoms with E-state index in [1.54, 1.807) is 0 Å². The van der Waals surface area contributed by atoms with E-state index in [1.807, 2.05) is 42.1 Å². The Labute approximate surface area is 341 Å². The summed E-state index contributed by atoms with van der Waals surface area (Å²) in [6.45, 7) is 24.5. The van der Waals surface area contributed by atoms with Gasteiger partial charge in [0, 0.05) is 16.4 Å². The van der Waals surface area contributed by atoms with Gasteiger partial charge in [-0.3, -0.25) is 4.79 Å². The van der Waals surface area contributed by atoms with Crippen LogP contribution in [0.1, 0.15) is 130 Å². The van der Waals surface area contributed by atoms with Gasteiger partial charge in [-0.15, -0.1) is 0 Å². The number of aliphatic carboxylic acids is 1. The first-order valence-electron chi connectivity index (χ1n) is 21.7. The number of nitrogens with zero attached hydrogens (tertiary/aromatic N) is 3.